The third-order valence-electron chi connectivity index (χ3n) is 7.73. The zero-order chi connectivity index (χ0) is 23.8. The molecule has 0 spiro atoms. The van der Waals surface area contributed by atoms with Crippen molar-refractivity contribution in [2.45, 2.75) is 47.2 Å². The van der Waals surface area contributed by atoms with E-state index in [9.17, 15) is 0 Å². The van der Waals surface area contributed by atoms with Crippen LogP contribution in [0.5, 0.6) is 0 Å². The van der Waals surface area contributed by atoms with Crippen molar-refractivity contribution in [3.8, 4) is 0 Å². The first-order valence-corrected chi connectivity index (χ1v) is 12.1. The van der Waals surface area contributed by atoms with Gasteiger partial charge in [0.25, 0.3) is 0 Å². The van der Waals surface area contributed by atoms with Crippen LogP contribution in [-0.2, 0) is 6.54 Å². The maximum atomic E-state index is 2.44. The number of fused-ring (bicyclic) bond motifs is 1. The van der Waals surface area contributed by atoms with Gasteiger partial charge in [-0.25, -0.2) is 9.13 Å². The van der Waals surface area contributed by atoms with Crippen molar-refractivity contribution in [1.82, 2.24) is 4.57 Å². The zero-order valence-corrected chi connectivity index (χ0v) is 20.8. The highest BCUT2D eigenvalue weighted by Crippen LogP contribution is 2.30. The average molecular weight is 446 g/mol. The number of hydrogen-bond acceptors (Lipinski definition) is 0. The average Bonchev–Trinajstić information content (AvgIpc) is 3.24. The predicted octanol–water partition coefficient (Wildman–Crippen LogP) is 7.16. The molecule has 1 heterocycles. The van der Waals surface area contributed by atoms with Gasteiger partial charge in [0, 0.05) is 11.1 Å². The molecule has 2 nitrogen and oxygen atoms in total. The van der Waals surface area contributed by atoms with Crippen LogP contribution < -0.4 is 4.57 Å². The Hall–Kier alpha value is -3.65. The van der Waals surface area contributed by atoms with E-state index in [0.717, 1.165) is 6.54 Å². The van der Waals surface area contributed by atoms with Crippen LogP contribution in [0.1, 0.15) is 50.5 Å². The summed E-state index contributed by atoms with van der Waals surface area (Å²) in [5.74, 6) is 0. The molecule has 0 unspecified atom stereocenters. The Labute approximate surface area is 203 Å². The minimum atomic E-state index is 0.109. The Morgan fingerprint density at radius 3 is 1.62 bits per heavy atom. The first-order valence-electron chi connectivity index (χ1n) is 12.1. The van der Waals surface area contributed by atoms with Crippen LogP contribution in [0.2, 0.25) is 0 Å². The van der Waals surface area contributed by atoms with E-state index >= 15 is 0 Å². The Kier molecular flexibility index (Phi) is 5.83. The van der Waals surface area contributed by atoms with Crippen LogP contribution in [0.4, 0.5) is 0 Å². The summed E-state index contributed by atoms with van der Waals surface area (Å²) in [5.41, 5.74) is 13.6. The van der Waals surface area contributed by atoms with E-state index in [1.54, 1.807) is 0 Å². The largest absolute Gasteiger partial charge is 0.245 e. The maximum Gasteiger partial charge on any atom is 0.245 e. The van der Waals surface area contributed by atoms with Crippen molar-refractivity contribution in [3.63, 3.8) is 0 Å². The second-order valence-corrected chi connectivity index (χ2v) is 9.47. The number of rotatable bonds is 5. The number of imidazole rings is 1. The maximum absolute atomic E-state index is 2.44. The van der Waals surface area contributed by atoms with Crippen molar-refractivity contribution >= 4 is 11.0 Å². The molecular formula is C32H33N2+. The predicted molar refractivity (Wildman–Crippen MR) is 141 cm³/mol. The summed E-state index contributed by atoms with van der Waals surface area (Å²) in [6.07, 6.45) is 2.32. The molecule has 0 aliphatic heterocycles. The van der Waals surface area contributed by atoms with Gasteiger partial charge in [-0.05, 0) is 80.1 Å². The molecule has 2 heteroatoms. The van der Waals surface area contributed by atoms with E-state index in [-0.39, 0.29) is 6.04 Å². The molecular weight excluding hydrogens is 412 g/mol. The van der Waals surface area contributed by atoms with Gasteiger partial charge in [0.2, 0.25) is 6.33 Å². The van der Waals surface area contributed by atoms with Gasteiger partial charge >= 0.3 is 0 Å². The van der Waals surface area contributed by atoms with Gasteiger partial charge in [0.1, 0.15) is 6.54 Å². The first kappa shape index (κ1) is 22.2. The number of aromatic nitrogens is 2. The lowest BCUT2D eigenvalue weighted by molar-refractivity contribution is -0.663. The normalized spacial score (nSPS) is 11.5. The third-order valence-corrected chi connectivity index (χ3v) is 7.73. The molecule has 0 saturated carbocycles. The first-order chi connectivity index (χ1) is 16.5. The number of hydrogen-bond donors (Lipinski definition) is 0. The van der Waals surface area contributed by atoms with Crippen molar-refractivity contribution in [2.75, 3.05) is 0 Å². The fourth-order valence-electron chi connectivity index (χ4n) is 5.30. The highest BCUT2D eigenvalue weighted by Gasteiger charge is 2.27. The van der Waals surface area contributed by atoms with Gasteiger partial charge in [-0.2, -0.15) is 0 Å². The van der Waals surface area contributed by atoms with E-state index in [1.807, 2.05) is 0 Å². The molecule has 5 rings (SSSR count). The summed E-state index contributed by atoms with van der Waals surface area (Å²) in [5, 5.41) is 0. The molecule has 0 aliphatic rings. The van der Waals surface area contributed by atoms with Gasteiger partial charge in [0.05, 0.1) is 0 Å². The standard InChI is InChI=1S/C32H33N2/c1-22-23(2)25(4)29(26(5)24(22)3)20-33-21-34(31-19-13-12-18-30(31)33)32(27-14-8-6-9-15-27)28-16-10-7-11-17-28/h6-19,21,32H,20H2,1-5H3/q+1. The second-order valence-electron chi connectivity index (χ2n) is 9.47. The van der Waals surface area contributed by atoms with Gasteiger partial charge in [-0.3, -0.25) is 0 Å². The quantitative estimate of drug-likeness (QED) is 0.254. The highest BCUT2D eigenvalue weighted by molar-refractivity contribution is 5.72. The van der Waals surface area contributed by atoms with Crippen LogP contribution in [0.25, 0.3) is 11.0 Å². The summed E-state index contributed by atoms with van der Waals surface area (Å²) in [6, 6.07) is 30.5. The van der Waals surface area contributed by atoms with Crippen LogP contribution in [0.15, 0.2) is 91.3 Å². The lowest BCUT2D eigenvalue weighted by Crippen LogP contribution is -2.34. The fraction of sp³-hybridized carbons (Fsp3) is 0.219. The number of nitrogens with zero attached hydrogens (tertiary/aromatic N) is 2. The summed E-state index contributed by atoms with van der Waals surface area (Å²) < 4.78 is 4.87. The van der Waals surface area contributed by atoms with E-state index in [1.165, 1.54) is 55.5 Å². The van der Waals surface area contributed by atoms with E-state index < -0.39 is 0 Å². The summed E-state index contributed by atoms with van der Waals surface area (Å²) >= 11 is 0. The highest BCUT2D eigenvalue weighted by atomic mass is 15.2. The molecule has 0 aliphatic carbocycles. The van der Waals surface area contributed by atoms with Crippen LogP contribution in [-0.4, -0.2) is 4.57 Å². The SMILES string of the molecule is Cc1c(C)c(C)c(C[n+]2cn(C(c3ccccc3)c3ccccc3)c3ccccc32)c(C)c1C. The fourth-order valence-corrected chi connectivity index (χ4v) is 5.30. The lowest BCUT2D eigenvalue weighted by Gasteiger charge is -2.18. The molecule has 34 heavy (non-hydrogen) atoms. The van der Waals surface area contributed by atoms with Crippen LogP contribution in [0, 0.1) is 34.6 Å². The molecule has 0 saturated heterocycles. The summed E-state index contributed by atoms with van der Waals surface area (Å²) in [7, 11) is 0. The number of benzene rings is 4. The van der Waals surface area contributed by atoms with E-state index in [0.29, 0.717) is 0 Å². The molecule has 5 aromatic rings. The van der Waals surface area contributed by atoms with Gasteiger partial charge in [-0.15, -0.1) is 0 Å². The summed E-state index contributed by atoms with van der Waals surface area (Å²) in [4.78, 5) is 0. The molecule has 0 radical (unpaired) electrons. The zero-order valence-electron chi connectivity index (χ0n) is 20.8. The Bertz CT molecular complexity index is 1390. The van der Waals surface area contributed by atoms with Gasteiger partial charge in [0.15, 0.2) is 17.1 Å². The minimum Gasteiger partial charge on any atom is -0.226 e. The lowest BCUT2D eigenvalue weighted by atomic mass is 9.89. The van der Waals surface area contributed by atoms with Crippen molar-refractivity contribution in [1.29, 1.82) is 0 Å². The number of para-hydroxylation sites is 2. The molecule has 4 aromatic carbocycles. The Morgan fingerprint density at radius 1 is 0.588 bits per heavy atom. The van der Waals surface area contributed by atoms with E-state index in [4.69, 9.17) is 0 Å². The third kappa shape index (κ3) is 3.74. The molecule has 0 bridgehead atoms. The van der Waals surface area contributed by atoms with Crippen molar-refractivity contribution in [3.05, 3.63) is 136 Å². The molecule has 1 aromatic heterocycles. The molecule has 0 amide bonds. The van der Waals surface area contributed by atoms with Crippen molar-refractivity contribution < 1.29 is 4.57 Å². The Morgan fingerprint density at radius 2 is 1.06 bits per heavy atom. The van der Waals surface area contributed by atoms with Crippen molar-refractivity contribution in [2.24, 2.45) is 0 Å². The molecule has 0 N–H and O–H groups in total. The monoisotopic (exact) mass is 445 g/mol. The molecule has 0 atom stereocenters. The van der Waals surface area contributed by atoms with Crippen LogP contribution >= 0.6 is 0 Å². The topological polar surface area (TPSA) is 8.81 Å². The summed E-state index contributed by atoms with van der Waals surface area (Å²) in [6.45, 7) is 12.2. The second kappa shape index (κ2) is 8.95. The van der Waals surface area contributed by atoms with Crippen LogP contribution in [0.3, 0.4) is 0 Å². The minimum absolute atomic E-state index is 0.109. The Balaban J connectivity index is 1.71. The molecule has 0 fully saturated rings. The smallest absolute Gasteiger partial charge is 0.226 e. The van der Waals surface area contributed by atoms with Gasteiger partial charge in [-0.1, -0.05) is 72.8 Å². The van der Waals surface area contributed by atoms with E-state index in [2.05, 4.69) is 135 Å². The van der Waals surface area contributed by atoms with Gasteiger partial charge < -0.3 is 0 Å². The molecule has 170 valence electrons.